The van der Waals surface area contributed by atoms with Gasteiger partial charge in [0.1, 0.15) is 5.75 Å². The molecule has 5 heteroatoms. The number of carbonyl (C=O) groups is 1. The largest absolute Gasteiger partial charge is 0.493 e. The minimum atomic E-state index is -0.823. The van der Waals surface area contributed by atoms with Gasteiger partial charge >= 0.3 is 5.97 Å². The lowest BCUT2D eigenvalue weighted by Crippen LogP contribution is -2.01. The molecule has 0 aliphatic heterocycles. The summed E-state index contributed by atoms with van der Waals surface area (Å²) in [5, 5.41) is 12.1. The molecule has 4 nitrogen and oxygen atoms in total. The molecule has 118 valence electrons. The highest BCUT2D eigenvalue weighted by atomic mass is 32.1. The molecular formula is C18H17NO3S. The van der Waals surface area contributed by atoms with Crippen molar-refractivity contribution in [1.82, 2.24) is 4.98 Å². The van der Waals surface area contributed by atoms with E-state index in [4.69, 9.17) is 9.84 Å². The average Bonchev–Trinajstić information content (AvgIpc) is 2.86. The minimum Gasteiger partial charge on any atom is -0.493 e. The first-order valence-corrected chi connectivity index (χ1v) is 8.22. The van der Waals surface area contributed by atoms with Gasteiger partial charge in [-0.25, -0.2) is 4.98 Å². The molecule has 23 heavy (non-hydrogen) atoms. The van der Waals surface area contributed by atoms with Crippen molar-refractivity contribution in [1.29, 1.82) is 0 Å². The number of fused-ring (bicyclic) bond motifs is 1. The normalized spacial score (nSPS) is 10.8. The van der Waals surface area contributed by atoms with Gasteiger partial charge in [0.2, 0.25) is 0 Å². The summed E-state index contributed by atoms with van der Waals surface area (Å²) in [4.78, 5) is 16.0. The van der Waals surface area contributed by atoms with Crippen LogP contribution in [0, 0.1) is 6.92 Å². The van der Waals surface area contributed by atoms with Gasteiger partial charge in [0.15, 0.2) is 0 Å². The van der Waals surface area contributed by atoms with Crippen LogP contribution in [0.4, 0.5) is 0 Å². The molecule has 0 atom stereocenters. The second kappa shape index (κ2) is 6.79. The van der Waals surface area contributed by atoms with E-state index in [1.807, 2.05) is 37.3 Å². The maximum absolute atomic E-state index is 10.8. The smallest absolute Gasteiger partial charge is 0.308 e. The van der Waals surface area contributed by atoms with Crippen LogP contribution >= 0.6 is 11.3 Å². The van der Waals surface area contributed by atoms with Gasteiger partial charge in [-0.05, 0) is 29.8 Å². The summed E-state index contributed by atoms with van der Waals surface area (Å²) in [7, 11) is 0. The van der Waals surface area contributed by atoms with Gasteiger partial charge < -0.3 is 9.84 Å². The quantitative estimate of drug-likeness (QED) is 0.747. The van der Waals surface area contributed by atoms with Crippen LogP contribution < -0.4 is 4.74 Å². The zero-order valence-corrected chi connectivity index (χ0v) is 13.6. The third-order valence-electron chi connectivity index (χ3n) is 3.55. The third kappa shape index (κ3) is 3.87. The maximum Gasteiger partial charge on any atom is 0.308 e. The molecule has 0 saturated heterocycles. The topological polar surface area (TPSA) is 59.4 Å². The molecule has 1 N–H and O–H groups in total. The van der Waals surface area contributed by atoms with E-state index in [0.717, 1.165) is 26.7 Å². The molecule has 0 saturated carbocycles. The summed E-state index contributed by atoms with van der Waals surface area (Å²) in [5.41, 5.74) is 0.804. The molecule has 0 spiro atoms. The van der Waals surface area contributed by atoms with Crippen LogP contribution in [-0.4, -0.2) is 22.7 Å². The molecule has 0 radical (unpaired) electrons. The minimum absolute atomic E-state index is 0.0367. The number of thiazole rings is 1. The Morgan fingerprint density at radius 3 is 2.78 bits per heavy atom. The van der Waals surface area contributed by atoms with Crippen molar-refractivity contribution in [3.8, 4) is 5.75 Å². The number of hydrogen-bond donors (Lipinski definition) is 1. The molecule has 0 bridgehead atoms. The van der Waals surface area contributed by atoms with Crippen molar-refractivity contribution < 1.29 is 14.6 Å². The number of carboxylic acids is 1. The molecule has 1 aromatic heterocycles. The standard InChI is InChI=1S/C18H17NO3S/c1-12-16(11-18(20)21)23-17(19-12)8-9-22-15-7-6-13-4-2-3-5-14(13)10-15/h2-7,10H,8-9,11H2,1H3,(H,20,21). The highest BCUT2D eigenvalue weighted by Crippen LogP contribution is 2.22. The van der Waals surface area contributed by atoms with Crippen LogP contribution in [0.5, 0.6) is 5.75 Å². The van der Waals surface area contributed by atoms with Gasteiger partial charge in [-0.15, -0.1) is 11.3 Å². The van der Waals surface area contributed by atoms with Gasteiger partial charge in [-0.2, -0.15) is 0 Å². The van der Waals surface area contributed by atoms with Gasteiger partial charge in [-0.1, -0.05) is 30.3 Å². The van der Waals surface area contributed by atoms with Crippen LogP contribution in [0.2, 0.25) is 0 Å². The number of nitrogens with zero attached hydrogens (tertiary/aromatic N) is 1. The fraction of sp³-hybridized carbons (Fsp3) is 0.222. The Kier molecular flexibility index (Phi) is 4.57. The molecule has 0 aliphatic carbocycles. The van der Waals surface area contributed by atoms with E-state index in [1.54, 1.807) is 0 Å². The van der Waals surface area contributed by atoms with Gasteiger partial charge in [-0.3, -0.25) is 4.79 Å². The Morgan fingerprint density at radius 1 is 1.22 bits per heavy atom. The second-order valence-electron chi connectivity index (χ2n) is 5.29. The van der Waals surface area contributed by atoms with Crippen molar-refractivity contribution in [2.45, 2.75) is 19.8 Å². The highest BCUT2D eigenvalue weighted by molar-refractivity contribution is 7.11. The lowest BCUT2D eigenvalue weighted by Gasteiger charge is -2.06. The van der Waals surface area contributed by atoms with Gasteiger partial charge in [0.25, 0.3) is 0 Å². The number of aromatic nitrogens is 1. The SMILES string of the molecule is Cc1nc(CCOc2ccc3ccccc3c2)sc1CC(=O)O. The molecule has 0 amide bonds. The number of carboxylic acid groups (broad SMARTS) is 1. The fourth-order valence-corrected chi connectivity index (χ4v) is 3.45. The average molecular weight is 327 g/mol. The number of ether oxygens (including phenoxy) is 1. The van der Waals surface area contributed by atoms with E-state index >= 15 is 0 Å². The van der Waals surface area contributed by atoms with E-state index in [-0.39, 0.29) is 6.42 Å². The number of hydrogen-bond acceptors (Lipinski definition) is 4. The highest BCUT2D eigenvalue weighted by Gasteiger charge is 2.11. The van der Waals surface area contributed by atoms with E-state index in [9.17, 15) is 4.79 Å². The maximum atomic E-state index is 10.8. The summed E-state index contributed by atoms with van der Waals surface area (Å²) in [6.07, 6.45) is 0.715. The predicted molar refractivity (Wildman–Crippen MR) is 91.3 cm³/mol. The third-order valence-corrected chi connectivity index (χ3v) is 4.77. The zero-order chi connectivity index (χ0) is 16.2. The Balaban J connectivity index is 1.61. The molecule has 0 fully saturated rings. The predicted octanol–water partition coefficient (Wildman–Crippen LogP) is 3.85. The summed E-state index contributed by atoms with van der Waals surface area (Å²) in [5.74, 6) is 0.0125. The molecule has 1 heterocycles. The van der Waals surface area contributed by atoms with E-state index in [1.165, 1.54) is 16.7 Å². The number of aliphatic carboxylic acids is 1. The first-order valence-electron chi connectivity index (χ1n) is 7.40. The van der Waals surface area contributed by atoms with Crippen LogP contribution in [0.15, 0.2) is 42.5 Å². The number of benzene rings is 2. The van der Waals surface area contributed by atoms with Gasteiger partial charge in [0.05, 0.1) is 23.7 Å². The fourth-order valence-electron chi connectivity index (χ4n) is 2.41. The van der Waals surface area contributed by atoms with Crippen molar-refractivity contribution in [2.75, 3.05) is 6.61 Å². The van der Waals surface area contributed by atoms with Crippen molar-refractivity contribution >= 4 is 28.1 Å². The lowest BCUT2D eigenvalue weighted by molar-refractivity contribution is -0.136. The van der Waals surface area contributed by atoms with Gasteiger partial charge in [0, 0.05) is 11.3 Å². The first-order chi connectivity index (χ1) is 11.1. The van der Waals surface area contributed by atoms with E-state index in [2.05, 4.69) is 17.1 Å². The molecular weight excluding hydrogens is 310 g/mol. The zero-order valence-electron chi connectivity index (χ0n) is 12.8. The van der Waals surface area contributed by atoms with Crippen LogP contribution in [0.25, 0.3) is 10.8 Å². The summed E-state index contributed by atoms with van der Waals surface area (Å²) in [6.45, 7) is 2.38. The molecule has 0 aliphatic rings. The molecule has 3 rings (SSSR count). The summed E-state index contributed by atoms with van der Waals surface area (Å²) < 4.78 is 5.80. The number of aryl methyl sites for hydroxylation is 1. The summed E-state index contributed by atoms with van der Waals surface area (Å²) >= 11 is 1.45. The first kappa shape index (κ1) is 15.5. The Hall–Kier alpha value is -2.40. The van der Waals surface area contributed by atoms with Crippen molar-refractivity contribution in [3.05, 3.63) is 58.0 Å². The monoisotopic (exact) mass is 327 g/mol. The van der Waals surface area contributed by atoms with Crippen molar-refractivity contribution in [3.63, 3.8) is 0 Å². The van der Waals surface area contributed by atoms with Crippen molar-refractivity contribution in [2.24, 2.45) is 0 Å². The summed E-state index contributed by atoms with van der Waals surface area (Å²) in [6, 6.07) is 14.2. The van der Waals surface area contributed by atoms with Crippen LogP contribution in [-0.2, 0) is 17.6 Å². The van der Waals surface area contributed by atoms with E-state index < -0.39 is 5.97 Å². The second-order valence-corrected chi connectivity index (χ2v) is 6.46. The Labute approximate surface area is 138 Å². The molecule has 3 aromatic rings. The Morgan fingerprint density at radius 2 is 2.00 bits per heavy atom. The van der Waals surface area contributed by atoms with Crippen LogP contribution in [0.3, 0.4) is 0 Å². The number of rotatable bonds is 6. The Bertz CT molecular complexity index is 841. The molecule has 2 aromatic carbocycles. The molecule has 0 unspecified atom stereocenters. The van der Waals surface area contributed by atoms with Crippen LogP contribution in [0.1, 0.15) is 15.6 Å². The lowest BCUT2D eigenvalue weighted by atomic mass is 10.1. The van der Waals surface area contributed by atoms with E-state index in [0.29, 0.717) is 13.0 Å².